The molecular formula is C13H17N5O3. The fraction of sp³-hybridized carbons (Fsp3) is 0.538. The molecule has 112 valence electrons. The van der Waals surface area contributed by atoms with Crippen LogP contribution >= 0.6 is 0 Å². The third kappa shape index (κ3) is 2.66. The monoisotopic (exact) mass is 291 g/mol. The SMILES string of the molecule is CC1(CNc2ccc([N+](=O)[O-])c3nonc23)CCNCC1. The summed E-state index contributed by atoms with van der Waals surface area (Å²) >= 11 is 0. The summed E-state index contributed by atoms with van der Waals surface area (Å²) in [7, 11) is 0. The molecule has 0 amide bonds. The van der Waals surface area contributed by atoms with Crippen molar-refractivity contribution >= 4 is 22.4 Å². The maximum absolute atomic E-state index is 10.9. The van der Waals surface area contributed by atoms with E-state index in [9.17, 15) is 10.1 Å². The summed E-state index contributed by atoms with van der Waals surface area (Å²) in [6, 6.07) is 3.09. The molecule has 0 atom stereocenters. The van der Waals surface area contributed by atoms with Crippen molar-refractivity contribution in [2.45, 2.75) is 19.8 Å². The minimum atomic E-state index is -0.482. The summed E-state index contributed by atoms with van der Waals surface area (Å²) in [6.07, 6.45) is 2.18. The van der Waals surface area contributed by atoms with Gasteiger partial charge in [0.05, 0.1) is 10.6 Å². The Hall–Kier alpha value is -2.22. The first kappa shape index (κ1) is 13.7. The Morgan fingerprint density at radius 2 is 2.10 bits per heavy atom. The van der Waals surface area contributed by atoms with E-state index in [1.807, 2.05) is 0 Å². The third-order valence-corrected chi connectivity index (χ3v) is 4.11. The fourth-order valence-electron chi connectivity index (χ4n) is 2.66. The van der Waals surface area contributed by atoms with Gasteiger partial charge in [-0.2, -0.15) is 0 Å². The van der Waals surface area contributed by atoms with E-state index >= 15 is 0 Å². The van der Waals surface area contributed by atoms with Gasteiger partial charge >= 0.3 is 5.69 Å². The van der Waals surface area contributed by atoms with Crippen LogP contribution in [0.4, 0.5) is 11.4 Å². The number of hydrogen-bond donors (Lipinski definition) is 2. The van der Waals surface area contributed by atoms with Gasteiger partial charge < -0.3 is 10.6 Å². The van der Waals surface area contributed by atoms with E-state index in [0.717, 1.165) is 38.2 Å². The van der Waals surface area contributed by atoms with Gasteiger partial charge in [-0.25, -0.2) is 4.63 Å². The predicted molar refractivity (Wildman–Crippen MR) is 77.2 cm³/mol. The lowest BCUT2D eigenvalue weighted by atomic mass is 9.81. The quantitative estimate of drug-likeness (QED) is 0.654. The van der Waals surface area contributed by atoms with E-state index in [-0.39, 0.29) is 16.6 Å². The highest BCUT2D eigenvalue weighted by atomic mass is 16.6. The van der Waals surface area contributed by atoms with Crippen molar-refractivity contribution in [2.75, 3.05) is 25.0 Å². The van der Waals surface area contributed by atoms with Gasteiger partial charge in [0, 0.05) is 12.6 Å². The minimum absolute atomic E-state index is 0.0927. The second-order valence-electron chi connectivity index (χ2n) is 5.77. The first-order valence-electron chi connectivity index (χ1n) is 6.93. The van der Waals surface area contributed by atoms with Gasteiger partial charge in [0.15, 0.2) is 5.52 Å². The highest BCUT2D eigenvalue weighted by Gasteiger charge is 2.27. The molecular weight excluding hydrogens is 274 g/mol. The highest BCUT2D eigenvalue weighted by Crippen LogP contribution is 2.32. The van der Waals surface area contributed by atoms with Crippen LogP contribution in [0.15, 0.2) is 16.8 Å². The molecule has 8 nitrogen and oxygen atoms in total. The Morgan fingerprint density at radius 3 is 2.81 bits per heavy atom. The van der Waals surface area contributed by atoms with Crippen molar-refractivity contribution in [2.24, 2.45) is 5.41 Å². The molecule has 0 unspecified atom stereocenters. The number of piperidine rings is 1. The molecule has 3 rings (SSSR count). The summed E-state index contributed by atoms with van der Waals surface area (Å²) in [5.41, 5.74) is 1.42. The maximum Gasteiger partial charge on any atom is 0.300 e. The lowest BCUT2D eigenvalue weighted by Crippen LogP contribution is -2.39. The standard InChI is InChI=1S/C13H17N5O3/c1-13(4-6-14-7-5-13)8-15-9-2-3-10(18(19)20)12-11(9)16-21-17-12/h2-3,14-15H,4-8H2,1H3. The molecule has 1 saturated heterocycles. The Kier molecular flexibility index (Phi) is 3.46. The van der Waals surface area contributed by atoms with Crippen LogP contribution in [-0.2, 0) is 0 Å². The third-order valence-electron chi connectivity index (χ3n) is 4.11. The molecule has 1 aromatic heterocycles. The molecule has 2 aromatic rings. The van der Waals surface area contributed by atoms with Crippen LogP contribution in [-0.4, -0.2) is 34.9 Å². The number of nitro groups is 1. The number of rotatable bonds is 4. The Balaban J connectivity index is 1.83. The minimum Gasteiger partial charge on any atom is -0.383 e. The van der Waals surface area contributed by atoms with E-state index in [1.54, 1.807) is 6.07 Å². The largest absolute Gasteiger partial charge is 0.383 e. The summed E-state index contributed by atoms with van der Waals surface area (Å²) in [6.45, 7) is 5.05. The van der Waals surface area contributed by atoms with Gasteiger partial charge in [0.2, 0.25) is 5.52 Å². The van der Waals surface area contributed by atoms with Crippen LogP contribution < -0.4 is 10.6 Å². The zero-order valence-electron chi connectivity index (χ0n) is 11.8. The number of non-ortho nitro benzene ring substituents is 1. The number of fused-ring (bicyclic) bond motifs is 1. The van der Waals surface area contributed by atoms with E-state index in [1.165, 1.54) is 6.07 Å². The van der Waals surface area contributed by atoms with Crippen LogP contribution in [0.25, 0.3) is 11.0 Å². The fourth-order valence-corrected chi connectivity index (χ4v) is 2.66. The molecule has 0 bridgehead atoms. The lowest BCUT2D eigenvalue weighted by molar-refractivity contribution is -0.383. The normalized spacial score (nSPS) is 17.8. The van der Waals surface area contributed by atoms with Gasteiger partial charge in [-0.15, -0.1) is 0 Å². The first-order valence-corrected chi connectivity index (χ1v) is 6.93. The number of hydrogen-bond acceptors (Lipinski definition) is 7. The molecule has 2 N–H and O–H groups in total. The number of benzene rings is 1. The molecule has 0 spiro atoms. The number of nitrogens with zero attached hydrogens (tertiary/aromatic N) is 3. The van der Waals surface area contributed by atoms with E-state index < -0.39 is 4.92 Å². The molecule has 1 aliphatic rings. The zero-order chi connectivity index (χ0) is 14.9. The second-order valence-corrected chi connectivity index (χ2v) is 5.77. The average molecular weight is 291 g/mol. The summed E-state index contributed by atoms with van der Waals surface area (Å²) in [4.78, 5) is 10.5. The smallest absolute Gasteiger partial charge is 0.300 e. The Morgan fingerprint density at radius 1 is 1.38 bits per heavy atom. The van der Waals surface area contributed by atoms with Crippen LogP contribution in [0.2, 0.25) is 0 Å². The van der Waals surface area contributed by atoms with Gasteiger partial charge in [0.1, 0.15) is 0 Å². The lowest BCUT2D eigenvalue weighted by Gasteiger charge is -2.34. The van der Waals surface area contributed by atoms with Crippen molar-refractivity contribution in [3.8, 4) is 0 Å². The number of aromatic nitrogens is 2. The van der Waals surface area contributed by atoms with Gasteiger partial charge in [-0.1, -0.05) is 6.92 Å². The molecule has 0 aliphatic carbocycles. The van der Waals surface area contributed by atoms with Crippen molar-refractivity contribution in [3.05, 3.63) is 22.2 Å². The molecule has 1 aromatic carbocycles. The molecule has 8 heteroatoms. The van der Waals surface area contributed by atoms with E-state index in [0.29, 0.717) is 5.52 Å². The van der Waals surface area contributed by atoms with Gasteiger partial charge in [0.25, 0.3) is 0 Å². The Bertz CT molecular complexity index is 663. The van der Waals surface area contributed by atoms with Crippen molar-refractivity contribution < 1.29 is 9.55 Å². The second kappa shape index (κ2) is 5.28. The van der Waals surface area contributed by atoms with Gasteiger partial charge in [-0.05, 0) is 47.7 Å². The summed E-state index contributed by atoms with van der Waals surface area (Å²) in [5.74, 6) is 0. The molecule has 1 fully saturated rings. The van der Waals surface area contributed by atoms with Crippen molar-refractivity contribution in [1.29, 1.82) is 0 Å². The van der Waals surface area contributed by atoms with Crippen LogP contribution in [0.3, 0.4) is 0 Å². The summed E-state index contributed by atoms with van der Waals surface area (Å²) in [5, 5.41) is 25.0. The van der Waals surface area contributed by atoms with Crippen molar-refractivity contribution in [3.63, 3.8) is 0 Å². The zero-order valence-corrected chi connectivity index (χ0v) is 11.8. The number of nitrogens with one attached hydrogen (secondary N) is 2. The number of nitro benzene ring substituents is 1. The first-order chi connectivity index (χ1) is 10.1. The van der Waals surface area contributed by atoms with E-state index in [4.69, 9.17) is 0 Å². The number of anilines is 1. The average Bonchev–Trinajstić information content (AvgIpc) is 2.94. The van der Waals surface area contributed by atoms with Crippen LogP contribution in [0.1, 0.15) is 19.8 Å². The summed E-state index contributed by atoms with van der Waals surface area (Å²) < 4.78 is 4.66. The molecule has 0 saturated carbocycles. The molecule has 0 radical (unpaired) electrons. The van der Waals surface area contributed by atoms with Crippen LogP contribution in [0, 0.1) is 15.5 Å². The molecule has 1 aliphatic heterocycles. The topological polar surface area (TPSA) is 106 Å². The van der Waals surface area contributed by atoms with E-state index in [2.05, 4.69) is 32.5 Å². The highest BCUT2D eigenvalue weighted by molar-refractivity contribution is 5.93. The molecule has 21 heavy (non-hydrogen) atoms. The van der Waals surface area contributed by atoms with Crippen LogP contribution in [0.5, 0.6) is 0 Å². The Labute approximate surface area is 121 Å². The predicted octanol–water partition coefficient (Wildman–Crippen LogP) is 1.93. The van der Waals surface area contributed by atoms with Crippen molar-refractivity contribution in [1.82, 2.24) is 15.6 Å². The maximum atomic E-state index is 10.9. The van der Waals surface area contributed by atoms with Gasteiger partial charge in [-0.3, -0.25) is 10.1 Å². The molecule has 2 heterocycles.